The third-order valence-corrected chi connectivity index (χ3v) is 25.7. The molecule has 0 saturated carbocycles. The molecule has 36 atom stereocenters. The molecule has 8 rings (SSSR count). The normalized spacial score (nSPS) is 34.7. The Morgan fingerprint density at radius 1 is 0.467 bits per heavy atom. The molecule has 0 aliphatic carbocycles. The second-order valence-electron chi connectivity index (χ2n) is 36.3. The van der Waals surface area contributed by atoms with Crippen molar-refractivity contribution in [3.05, 3.63) is 29.8 Å². The quantitative estimate of drug-likeness (QED) is 0.0270. The average molecular weight is 1970 g/mol. The minimum absolute atomic E-state index is 0.202. The first-order chi connectivity index (χ1) is 65.0. The molecule has 780 valence electrons. The maximum atomic E-state index is 15.5. The summed E-state index contributed by atoms with van der Waals surface area (Å²) in [5.41, 5.74) is -0.213. The van der Waals surface area contributed by atoms with Gasteiger partial charge in [-0.1, -0.05) is 77.8 Å². The van der Waals surface area contributed by atoms with E-state index in [1.807, 2.05) is 0 Å². The maximum Gasteiger partial charge on any atom is 0.248 e. The standard InChI is InChI=1S/C86H142N12O39/c1-5-38(2)30-39(3)14-10-8-6-7-9-11-15-55(111)90-44-32-48(108)76(89-28-27-88-54(110)17-13-19-57(113)92-82-71(123)69(121)75(52(37-102)133-82)137-86-73(125)67(119)64(116)50(35-100)135-86)96-80(129)61-47(107)25-29-97(61)84(131)59(94-79(128)60(65(117)62(114)41-20-22-42(104)23-21-41)95-78(127)45-31-43(105)33-98(45)83(130)58(40(4)103)93-77(44)126)46(106)24-26-87-53(109)16-12-18-56(112)91-81-70(122)68(120)74(51(36-101)132-81)136-85-72(124)66(118)63(115)49(34-99)134-85/h20-23,38-40,43-52,58-76,81-82,85-86,89,99-108,114-125H,5-19,24-37H2,1-4H3,(H,87,109)(H,88,110)(H,90,111)(H,91,112)(H,92,113)(H,93,126)(H,94,128)(H,95,127)(H,96,129)/t38-,39+,40+,43+,44-,45-,46+,47-,48+,49+,50+,51+,52+,58-,59-,60-,61?,62-,63+,64+,65-,66-,67-,68+,69+,70+,71+,72+,73+,74+,75+,76-,81+,82+,85+,86+/m0/s1. The van der Waals surface area contributed by atoms with Crippen molar-refractivity contribution in [1.82, 2.24) is 63.0 Å². The number of fused-ring (bicyclic) bond motifs is 2. The number of rotatable bonds is 43. The van der Waals surface area contributed by atoms with Crippen LogP contribution in [0, 0.1) is 11.8 Å². The van der Waals surface area contributed by atoms with E-state index in [0.717, 1.165) is 76.1 Å². The van der Waals surface area contributed by atoms with Gasteiger partial charge in [-0.3, -0.25) is 58.1 Å². The molecule has 0 radical (unpaired) electrons. The fourth-order valence-electron chi connectivity index (χ4n) is 17.5. The number of phenols is 1. The van der Waals surface area contributed by atoms with Crippen molar-refractivity contribution < 1.29 is 194 Å². The Morgan fingerprint density at radius 2 is 0.949 bits per heavy atom. The van der Waals surface area contributed by atoms with Crippen LogP contribution in [0.15, 0.2) is 24.3 Å². The summed E-state index contributed by atoms with van der Waals surface area (Å²) in [6.07, 6.45) is -49.8. The van der Waals surface area contributed by atoms with Gasteiger partial charge < -0.3 is 198 Å². The van der Waals surface area contributed by atoms with Gasteiger partial charge in [0.1, 0.15) is 158 Å². The molecule has 0 bridgehead atoms. The molecule has 137 heavy (non-hydrogen) atoms. The van der Waals surface area contributed by atoms with Crippen molar-refractivity contribution in [3.8, 4) is 5.75 Å². The number of nitrogens with zero attached hydrogens (tertiary/aromatic N) is 2. The lowest BCUT2D eigenvalue weighted by Gasteiger charge is -2.46. The highest BCUT2D eigenvalue weighted by Gasteiger charge is 2.55. The number of phenolic OH excluding ortho intramolecular Hbond substituents is 1. The Kier molecular flexibility index (Phi) is 45.8. The fourth-order valence-corrected chi connectivity index (χ4v) is 17.5. The van der Waals surface area contributed by atoms with E-state index in [4.69, 9.17) is 28.4 Å². The number of carbonyl (C=O) groups excluding carboxylic acids is 11. The molecule has 1 aromatic rings. The molecule has 32 N–H and O–H groups in total. The number of ether oxygens (including phenoxy) is 6. The highest BCUT2D eigenvalue weighted by atomic mass is 16.7. The number of amides is 11. The van der Waals surface area contributed by atoms with Crippen LogP contribution in [0.4, 0.5) is 0 Å². The van der Waals surface area contributed by atoms with Gasteiger partial charge in [-0.2, -0.15) is 0 Å². The molecule has 51 nitrogen and oxygen atoms in total. The summed E-state index contributed by atoms with van der Waals surface area (Å²) in [5.74, 6) is -11.5. The molecule has 0 aromatic heterocycles. The van der Waals surface area contributed by atoms with Gasteiger partial charge in [-0.05, 0) is 75.0 Å². The third kappa shape index (κ3) is 31.8. The zero-order chi connectivity index (χ0) is 101. The lowest BCUT2D eigenvalue weighted by atomic mass is 9.91. The van der Waals surface area contributed by atoms with Crippen LogP contribution in [0.3, 0.4) is 0 Å². The number of benzene rings is 1. The van der Waals surface area contributed by atoms with Crippen LogP contribution in [0.2, 0.25) is 0 Å². The topological polar surface area (TPSA) is 815 Å². The van der Waals surface area contributed by atoms with Crippen molar-refractivity contribution >= 4 is 65.0 Å². The lowest BCUT2D eigenvalue weighted by molar-refractivity contribution is -0.343. The maximum absolute atomic E-state index is 15.5. The summed E-state index contributed by atoms with van der Waals surface area (Å²) < 4.78 is 33.0. The van der Waals surface area contributed by atoms with Crippen molar-refractivity contribution in [3.63, 3.8) is 0 Å². The molecule has 7 fully saturated rings. The fraction of sp³-hybridized carbons (Fsp3) is 0.802. The second kappa shape index (κ2) is 54.9. The van der Waals surface area contributed by atoms with Gasteiger partial charge in [0.05, 0.1) is 56.9 Å². The van der Waals surface area contributed by atoms with Crippen LogP contribution >= 0.6 is 0 Å². The summed E-state index contributed by atoms with van der Waals surface area (Å²) in [6, 6.07) is -8.51. The van der Waals surface area contributed by atoms with Crippen LogP contribution in [-0.4, -0.2) is 448 Å². The molecule has 1 unspecified atom stereocenters. The lowest BCUT2D eigenvalue weighted by Crippen LogP contribution is -2.66. The first-order valence-electron chi connectivity index (χ1n) is 46.7. The zero-order valence-corrected chi connectivity index (χ0v) is 76.8. The Bertz CT molecular complexity index is 4010. The van der Waals surface area contributed by atoms with Crippen molar-refractivity contribution in [1.29, 1.82) is 0 Å². The van der Waals surface area contributed by atoms with Crippen LogP contribution in [0.25, 0.3) is 0 Å². The minimum atomic E-state index is -2.52. The number of unbranched alkanes of at least 4 members (excludes halogenated alkanes) is 5. The van der Waals surface area contributed by atoms with E-state index in [-0.39, 0.29) is 30.6 Å². The number of aromatic hydroxyl groups is 1. The van der Waals surface area contributed by atoms with E-state index in [2.05, 4.69) is 73.9 Å². The van der Waals surface area contributed by atoms with Crippen LogP contribution in [0.1, 0.15) is 168 Å². The molecule has 1 aromatic carbocycles. The van der Waals surface area contributed by atoms with E-state index < -0.39 is 383 Å². The molecule has 7 saturated heterocycles. The van der Waals surface area contributed by atoms with Gasteiger partial charge in [-0.25, -0.2) is 0 Å². The number of carbonyl (C=O) groups is 11. The number of aliphatic hydroxyl groups excluding tert-OH is 21. The first kappa shape index (κ1) is 114. The van der Waals surface area contributed by atoms with Gasteiger partial charge in [-0.15, -0.1) is 0 Å². The monoisotopic (exact) mass is 1970 g/mol. The molecule has 11 amide bonds. The van der Waals surface area contributed by atoms with Gasteiger partial charge in [0.25, 0.3) is 0 Å². The average Bonchev–Trinajstić information content (AvgIpc) is 1.44. The second-order valence-corrected chi connectivity index (χ2v) is 36.3. The first-order valence-corrected chi connectivity index (χ1v) is 46.7. The molecular weight excluding hydrogens is 1820 g/mol. The van der Waals surface area contributed by atoms with E-state index in [1.54, 1.807) is 0 Å². The highest BCUT2D eigenvalue weighted by Crippen LogP contribution is 2.34. The van der Waals surface area contributed by atoms with E-state index in [0.29, 0.717) is 34.5 Å². The van der Waals surface area contributed by atoms with Crippen LogP contribution < -0.4 is 53.2 Å². The SMILES string of the molecule is CC[C@H](C)C[C@H](C)CCCCCCCCC(=O)N[C@H]1C[C@@H](O)[C@@H](NCCNC(=O)CCCC(=O)N[C@@H]2O[C@H](CO)[C@@H](O[C@H]3O[C@H](CO)[C@@H](O)[C@H](O)[C@H]3O)[C@H](O)[C@H]2O)NC(=O)C2[C@@H](O)CCN2C(=O)[C@H]([C@H](O)CCNC(=O)CCCC(=O)N[C@@H]2O[C@H](CO)[C@@H](O[C@H]3O[C@H](CO)[C@@H](O)[C@H](O)[C@H]3O)[C@H](O)[C@H]2O)NC(=O)[C@H]([C@H](O)[C@@H](O)c2ccc(O)cc2)NC(=O)[C@@H]2C[C@@H](O)CN2C(=O)[C@H]([C@@H](C)O)NC1=O. The van der Waals surface area contributed by atoms with Crippen LogP contribution in [-0.2, 0) is 81.2 Å². The summed E-state index contributed by atoms with van der Waals surface area (Å²) in [5, 5.41) is 264. The number of hydrogen-bond donors (Lipinski definition) is 32. The Labute approximate surface area is 789 Å². The predicted molar refractivity (Wildman–Crippen MR) is 465 cm³/mol. The van der Waals surface area contributed by atoms with Gasteiger partial charge in [0, 0.05) is 77.7 Å². The Balaban J connectivity index is 1.02. The van der Waals surface area contributed by atoms with Crippen molar-refractivity contribution in [2.24, 2.45) is 11.8 Å². The molecule has 0 spiro atoms. The van der Waals surface area contributed by atoms with E-state index in [1.165, 1.54) is 0 Å². The van der Waals surface area contributed by atoms with Gasteiger partial charge in [0.2, 0.25) is 65.0 Å². The van der Waals surface area contributed by atoms with Crippen molar-refractivity contribution in [2.45, 2.75) is 364 Å². The third-order valence-electron chi connectivity index (χ3n) is 25.7. The number of hydrogen-bond acceptors (Lipinski definition) is 40. The summed E-state index contributed by atoms with van der Waals surface area (Å²) in [6.45, 7) is 1.34. The van der Waals surface area contributed by atoms with E-state index in [9.17, 15) is 141 Å². The van der Waals surface area contributed by atoms with Gasteiger partial charge >= 0.3 is 0 Å². The summed E-state index contributed by atoms with van der Waals surface area (Å²) in [4.78, 5) is 160. The van der Waals surface area contributed by atoms with Crippen LogP contribution in [0.5, 0.6) is 5.75 Å². The zero-order valence-electron chi connectivity index (χ0n) is 76.8. The Hall–Kier alpha value is -7.93. The van der Waals surface area contributed by atoms with E-state index >= 15 is 24.0 Å². The number of aliphatic hydroxyl groups is 21. The largest absolute Gasteiger partial charge is 0.508 e. The molecule has 51 heteroatoms. The molecule has 7 aliphatic rings. The number of nitrogens with one attached hydrogen (secondary N) is 10. The highest BCUT2D eigenvalue weighted by molar-refractivity contribution is 5.98. The molecular formula is C86H142N12O39. The van der Waals surface area contributed by atoms with Gasteiger partial charge in [0.15, 0.2) is 25.0 Å². The summed E-state index contributed by atoms with van der Waals surface area (Å²) >= 11 is 0. The smallest absolute Gasteiger partial charge is 0.248 e. The molecule has 7 aliphatic heterocycles. The minimum Gasteiger partial charge on any atom is -0.508 e. The molecule has 7 heterocycles. The summed E-state index contributed by atoms with van der Waals surface area (Å²) in [7, 11) is 0. The van der Waals surface area contributed by atoms with Crippen molar-refractivity contribution in [2.75, 3.05) is 59.2 Å². The predicted octanol–water partition coefficient (Wildman–Crippen LogP) is -13.2. The Morgan fingerprint density at radius 3 is 1.47 bits per heavy atom.